The van der Waals surface area contributed by atoms with Gasteiger partial charge in [0.25, 0.3) is 0 Å². The van der Waals surface area contributed by atoms with E-state index in [1.807, 2.05) is 13.1 Å². The molecular formula is C23H40IN5O. The van der Waals surface area contributed by atoms with E-state index in [2.05, 4.69) is 63.1 Å². The molecule has 6 nitrogen and oxygen atoms in total. The molecule has 2 atom stereocenters. The van der Waals surface area contributed by atoms with E-state index in [-0.39, 0.29) is 24.0 Å². The van der Waals surface area contributed by atoms with Gasteiger partial charge >= 0.3 is 0 Å². The number of benzene rings is 1. The van der Waals surface area contributed by atoms with Gasteiger partial charge in [0, 0.05) is 64.8 Å². The predicted octanol–water partition coefficient (Wildman–Crippen LogP) is 2.74. The Kier molecular flexibility index (Phi) is 11.4. The third-order valence-electron chi connectivity index (χ3n) is 6.30. The van der Waals surface area contributed by atoms with Crippen LogP contribution < -0.4 is 5.32 Å². The first-order valence-corrected chi connectivity index (χ1v) is 11.2. The molecule has 170 valence electrons. The van der Waals surface area contributed by atoms with E-state index in [4.69, 9.17) is 4.74 Å². The second-order valence-electron chi connectivity index (χ2n) is 8.35. The lowest BCUT2D eigenvalue weighted by Gasteiger charge is -2.38. The van der Waals surface area contributed by atoms with Crippen LogP contribution in [0.25, 0.3) is 0 Å². The highest BCUT2D eigenvalue weighted by Crippen LogP contribution is 2.17. The summed E-state index contributed by atoms with van der Waals surface area (Å²) in [4.78, 5) is 12.0. The van der Waals surface area contributed by atoms with Crippen LogP contribution in [-0.2, 0) is 11.3 Å². The number of halogens is 1. The first-order valence-electron chi connectivity index (χ1n) is 11.2. The highest BCUT2D eigenvalue weighted by molar-refractivity contribution is 14.0. The summed E-state index contributed by atoms with van der Waals surface area (Å²) in [6.45, 7) is 15.0. The summed E-state index contributed by atoms with van der Waals surface area (Å²) in [7, 11) is 1.90. The Balaban J connectivity index is 0.00000320. The van der Waals surface area contributed by atoms with Crippen LogP contribution >= 0.6 is 24.0 Å². The van der Waals surface area contributed by atoms with Crippen LogP contribution in [0.4, 0.5) is 0 Å². The second-order valence-corrected chi connectivity index (χ2v) is 8.35. The largest absolute Gasteiger partial charge is 0.376 e. The standard InChI is InChI=1S/C23H39N5O.HI/c1-4-26-12-14-27(15-13-26)20(2)16-25-23(24-3)28-11-10-22(17-28)19-29-18-21-8-6-5-7-9-21;/h5-9,20,22H,4,10-19H2,1-3H3,(H,24,25);1H. The molecule has 0 aliphatic carbocycles. The first kappa shape index (κ1) is 25.4. The maximum absolute atomic E-state index is 5.96. The van der Waals surface area contributed by atoms with Gasteiger partial charge in [-0.1, -0.05) is 37.3 Å². The lowest BCUT2D eigenvalue weighted by Crippen LogP contribution is -2.53. The summed E-state index contributed by atoms with van der Waals surface area (Å²) in [5.74, 6) is 1.62. The number of aliphatic imine (C=N–C) groups is 1. The normalized spacial score (nSPS) is 22.0. The van der Waals surface area contributed by atoms with Gasteiger partial charge in [-0.2, -0.15) is 0 Å². The zero-order valence-electron chi connectivity index (χ0n) is 18.9. The van der Waals surface area contributed by atoms with Crippen molar-refractivity contribution in [1.29, 1.82) is 0 Å². The lowest BCUT2D eigenvalue weighted by molar-refractivity contribution is 0.0906. The fraction of sp³-hybridized carbons (Fsp3) is 0.696. The minimum absolute atomic E-state index is 0. The van der Waals surface area contributed by atoms with E-state index < -0.39 is 0 Å². The highest BCUT2D eigenvalue weighted by atomic mass is 127. The van der Waals surface area contributed by atoms with Crippen molar-refractivity contribution in [1.82, 2.24) is 20.0 Å². The molecule has 0 spiro atoms. The number of piperazine rings is 1. The maximum atomic E-state index is 5.96. The number of rotatable bonds is 8. The molecule has 2 aliphatic rings. The fourth-order valence-electron chi connectivity index (χ4n) is 4.30. The quantitative estimate of drug-likeness (QED) is 0.319. The van der Waals surface area contributed by atoms with E-state index in [1.165, 1.54) is 38.2 Å². The van der Waals surface area contributed by atoms with E-state index in [1.54, 1.807) is 0 Å². The summed E-state index contributed by atoms with van der Waals surface area (Å²) < 4.78 is 5.96. The van der Waals surface area contributed by atoms with Gasteiger partial charge in [-0.25, -0.2) is 0 Å². The summed E-state index contributed by atoms with van der Waals surface area (Å²) in [5, 5.41) is 3.62. The first-order chi connectivity index (χ1) is 14.2. The van der Waals surface area contributed by atoms with Gasteiger partial charge in [-0.3, -0.25) is 9.89 Å². The number of guanidine groups is 1. The second kappa shape index (κ2) is 13.5. The molecule has 2 aliphatic heterocycles. The molecule has 0 radical (unpaired) electrons. The van der Waals surface area contributed by atoms with Crippen molar-refractivity contribution in [3.05, 3.63) is 35.9 Å². The molecule has 2 heterocycles. The average molecular weight is 530 g/mol. The van der Waals surface area contributed by atoms with Crippen molar-refractivity contribution in [3.8, 4) is 0 Å². The van der Waals surface area contributed by atoms with Gasteiger partial charge in [0.15, 0.2) is 5.96 Å². The Labute approximate surface area is 200 Å². The molecule has 7 heteroatoms. The molecule has 1 aromatic rings. The number of likely N-dealkylation sites (N-methyl/N-ethyl adjacent to an activating group) is 1. The molecular weight excluding hydrogens is 489 g/mol. The smallest absolute Gasteiger partial charge is 0.193 e. The number of hydrogen-bond donors (Lipinski definition) is 1. The van der Waals surface area contributed by atoms with Crippen LogP contribution in [0.2, 0.25) is 0 Å². The van der Waals surface area contributed by atoms with Gasteiger partial charge in [-0.15, -0.1) is 24.0 Å². The Morgan fingerprint density at radius 2 is 1.90 bits per heavy atom. The van der Waals surface area contributed by atoms with Gasteiger partial charge in [-0.05, 0) is 25.5 Å². The number of ether oxygens (including phenoxy) is 1. The average Bonchev–Trinajstić information content (AvgIpc) is 3.23. The van der Waals surface area contributed by atoms with E-state index in [9.17, 15) is 0 Å². The molecule has 2 unspecified atom stereocenters. The summed E-state index contributed by atoms with van der Waals surface area (Å²) >= 11 is 0. The van der Waals surface area contributed by atoms with E-state index in [0.29, 0.717) is 18.6 Å². The molecule has 2 fully saturated rings. The molecule has 0 amide bonds. The molecule has 2 saturated heterocycles. The monoisotopic (exact) mass is 529 g/mol. The molecule has 0 aromatic heterocycles. The molecule has 3 rings (SSSR count). The Bertz CT molecular complexity index is 621. The number of nitrogens with one attached hydrogen (secondary N) is 1. The zero-order valence-corrected chi connectivity index (χ0v) is 21.3. The topological polar surface area (TPSA) is 43.3 Å². The Morgan fingerprint density at radius 1 is 1.17 bits per heavy atom. The number of hydrogen-bond acceptors (Lipinski definition) is 4. The zero-order chi connectivity index (χ0) is 20.5. The van der Waals surface area contributed by atoms with Gasteiger partial charge in [0.05, 0.1) is 13.2 Å². The Hall–Kier alpha value is -0.900. The van der Waals surface area contributed by atoms with E-state index >= 15 is 0 Å². The summed E-state index contributed by atoms with van der Waals surface area (Å²) in [5.41, 5.74) is 1.24. The molecule has 1 aromatic carbocycles. The number of likely N-dealkylation sites (tertiary alicyclic amines) is 1. The Morgan fingerprint density at radius 3 is 2.57 bits per heavy atom. The van der Waals surface area contributed by atoms with E-state index in [0.717, 1.165) is 38.7 Å². The van der Waals surface area contributed by atoms with Crippen LogP contribution in [0.15, 0.2) is 35.3 Å². The third kappa shape index (κ3) is 7.66. The van der Waals surface area contributed by atoms with Crippen LogP contribution in [0.5, 0.6) is 0 Å². The molecule has 0 saturated carbocycles. The third-order valence-corrected chi connectivity index (χ3v) is 6.30. The highest BCUT2D eigenvalue weighted by Gasteiger charge is 2.26. The molecule has 0 bridgehead atoms. The van der Waals surface area contributed by atoms with Gasteiger partial charge in [0.1, 0.15) is 0 Å². The summed E-state index contributed by atoms with van der Waals surface area (Å²) in [6.07, 6.45) is 1.17. The van der Waals surface area contributed by atoms with Crippen molar-refractivity contribution in [3.63, 3.8) is 0 Å². The molecule has 1 N–H and O–H groups in total. The minimum atomic E-state index is 0. The van der Waals surface area contributed by atoms with Gasteiger partial charge < -0.3 is 19.9 Å². The van der Waals surface area contributed by atoms with Crippen molar-refractivity contribution >= 4 is 29.9 Å². The summed E-state index contributed by atoms with van der Waals surface area (Å²) in [6, 6.07) is 10.9. The van der Waals surface area contributed by atoms with Gasteiger partial charge in [0.2, 0.25) is 0 Å². The van der Waals surface area contributed by atoms with Crippen LogP contribution in [0.3, 0.4) is 0 Å². The fourth-order valence-corrected chi connectivity index (χ4v) is 4.30. The lowest BCUT2D eigenvalue weighted by atomic mass is 10.1. The van der Waals surface area contributed by atoms with Crippen molar-refractivity contribution < 1.29 is 4.74 Å². The van der Waals surface area contributed by atoms with Crippen molar-refractivity contribution in [2.45, 2.75) is 32.9 Å². The molecule has 30 heavy (non-hydrogen) atoms. The van der Waals surface area contributed by atoms with Crippen molar-refractivity contribution in [2.75, 3.05) is 66.0 Å². The van der Waals surface area contributed by atoms with Crippen LogP contribution in [-0.4, -0.2) is 92.7 Å². The maximum Gasteiger partial charge on any atom is 0.193 e. The SMILES string of the molecule is CCN1CCN(C(C)CNC(=NC)N2CCC(COCc3ccccc3)C2)CC1.I. The predicted molar refractivity (Wildman–Crippen MR) is 136 cm³/mol. The number of nitrogens with zero attached hydrogens (tertiary/aromatic N) is 4. The van der Waals surface area contributed by atoms with Crippen LogP contribution in [0, 0.1) is 5.92 Å². The van der Waals surface area contributed by atoms with Crippen LogP contribution in [0.1, 0.15) is 25.8 Å². The minimum Gasteiger partial charge on any atom is -0.376 e. The van der Waals surface area contributed by atoms with Crippen molar-refractivity contribution in [2.24, 2.45) is 10.9 Å².